The minimum absolute atomic E-state index is 0.356. The van der Waals surface area contributed by atoms with E-state index in [0.29, 0.717) is 11.5 Å². The van der Waals surface area contributed by atoms with E-state index >= 15 is 0 Å². The maximum atomic E-state index is 8.93. The van der Waals surface area contributed by atoms with Crippen LogP contribution in [0.15, 0.2) is 24.0 Å². The molecule has 0 aliphatic rings. The van der Waals surface area contributed by atoms with Crippen molar-refractivity contribution in [2.75, 3.05) is 18.5 Å². The minimum Gasteiger partial charge on any atom is -0.357 e. The van der Waals surface area contributed by atoms with Crippen molar-refractivity contribution in [3.8, 4) is 6.07 Å². The molecule has 0 unspecified atom stereocenters. The molecule has 0 aliphatic carbocycles. The van der Waals surface area contributed by atoms with Crippen LogP contribution in [0.1, 0.15) is 10.7 Å². The summed E-state index contributed by atoms with van der Waals surface area (Å²) in [6.45, 7) is 0.765. The fraction of sp³-hybridized carbons (Fsp3) is 0.273. The van der Waals surface area contributed by atoms with Gasteiger partial charge < -0.3 is 4.90 Å². The molecule has 0 bridgehead atoms. The number of hydrogen-bond acceptors (Lipinski definition) is 6. The number of rotatable bonds is 4. The van der Waals surface area contributed by atoms with E-state index in [-0.39, 0.29) is 0 Å². The fourth-order valence-electron chi connectivity index (χ4n) is 1.43. The summed E-state index contributed by atoms with van der Waals surface area (Å²) in [4.78, 5) is 14.3. The van der Waals surface area contributed by atoms with Gasteiger partial charge in [0.15, 0.2) is 11.5 Å². The lowest BCUT2D eigenvalue weighted by Gasteiger charge is -2.17. The van der Waals surface area contributed by atoms with E-state index < -0.39 is 0 Å². The number of thiazole rings is 1. The topological polar surface area (TPSA) is 65.7 Å². The van der Waals surface area contributed by atoms with Crippen molar-refractivity contribution in [1.29, 1.82) is 5.26 Å². The summed E-state index contributed by atoms with van der Waals surface area (Å²) in [5.41, 5.74) is 0.356. The molecule has 0 saturated heterocycles. The second-order valence-corrected chi connectivity index (χ2v) is 4.42. The van der Waals surface area contributed by atoms with Crippen molar-refractivity contribution in [3.63, 3.8) is 0 Å². The Labute approximate surface area is 103 Å². The van der Waals surface area contributed by atoms with Gasteiger partial charge in [0.1, 0.15) is 6.07 Å². The van der Waals surface area contributed by atoms with E-state index in [0.717, 1.165) is 18.0 Å². The lowest BCUT2D eigenvalue weighted by atomic mass is 10.3. The van der Waals surface area contributed by atoms with Crippen molar-refractivity contribution in [2.24, 2.45) is 0 Å². The molecule has 0 spiro atoms. The number of nitriles is 1. The molecule has 0 amide bonds. The summed E-state index contributed by atoms with van der Waals surface area (Å²) in [5.74, 6) is 0.617. The number of nitrogens with zero attached hydrogens (tertiary/aromatic N) is 5. The zero-order valence-electron chi connectivity index (χ0n) is 9.37. The van der Waals surface area contributed by atoms with Crippen molar-refractivity contribution < 1.29 is 0 Å². The minimum atomic E-state index is 0.356. The van der Waals surface area contributed by atoms with Crippen LogP contribution in [0.4, 0.5) is 5.82 Å². The number of anilines is 1. The molecule has 17 heavy (non-hydrogen) atoms. The van der Waals surface area contributed by atoms with Gasteiger partial charge in [-0.2, -0.15) is 5.26 Å². The number of likely N-dealkylation sites (N-methyl/N-ethyl adjacent to an activating group) is 1. The average molecular weight is 245 g/mol. The zero-order valence-corrected chi connectivity index (χ0v) is 10.2. The van der Waals surface area contributed by atoms with Gasteiger partial charge in [-0.25, -0.2) is 15.0 Å². The first-order valence-electron chi connectivity index (χ1n) is 5.12. The lowest BCUT2D eigenvalue weighted by molar-refractivity contribution is 0.846. The van der Waals surface area contributed by atoms with Crippen LogP contribution in [0.3, 0.4) is 0 Å². The molecule has 2 aromatic heterocycles. The molecule has 0 radical (unpaired) electrons. The van der Waals surface area contributed by atoms with Crippen LogP contribution in [0.2, 0.25) is 0 Å². The summed E-state index contributed by atoms with van der Waals surface area (Å²) < 4.78 is 0. The van der Waals surface area contributed by atoms with Gasteiger partial charge in [0.05, 0.1) is 5.01 Å². The molecular weight excluding hydrogens is 234 g/mol. The second-order valence-electron chi connectivity index (χ2n) is 3.44. The Morgan fingerprint density at radius 1 is 1.29 bits per heavy atom. The monoisotopic (exact) mass is 245 g/mol. The predicted molar refractivity (Wildman–Crippen MR) is 65.8 cm³/mol. The van der Waals surface area contributed by atoms with Gasteiger partial charge in [-0.3, -0.25) is 0 Å². The fourth-order valence-corrected chi connectivity index (χ4v) is 2.04. The summed E-state index contributed by atoms with van der Waals surface area (Å²) >= 11 is 1.63. The zero-order chi connectivity index (χ0) is 12.1. The third-order valence-electron chi connectivity index (χ3n) is 2.29. The molecule has 0 N–H and O–H groups in total. The quantitative estimate of drug-likeness (QED) is 0.816. The van der Waals surface area contributed by atoms with Crippen molar-refractivity contribution in [2.45, 2.75) is 6.42 Å². The number of aromatic nitrogens is 3. The van der Waals surface area contributed by atoms with Gasteiger partial charge in [-0.15, -0.1) is 11.3 Å². The number of hydrogen-bond donors (Lipinski definition) is 0. The first kappa shape index (κ1) is 11.5. The van der Waals surface area contributed by atoms with Crippen molar-refractivity contribution in [1.82, 2.24) is 15.0 Å². The van der Waals surface area contributed by atoms with Gasteiger partial charge in [0.25, 0.3) is 0 Å². The Kier molecular flexibility index (Phi) is 3.62. The molecule has 0 aromatic carbocycles. The Hall–Kier alpha value is -2.00. The molecular formula is C11H11N5S. The van der Waals surface area contributed by atoms with E-state index in [1.54, 1.807) is 23.7 Å². The van der Waals surface area contributed by atoms with Crippen LogP contribution < -0.4 is 4.90 Å². The molecule has 0 atom stereocenters. The molecule has 0 aliphatic heterocycles. The van der Waals surface area contributed by atoms with E-state index in [1.165, 1.54) is 6.20 Å². The Morgan fingerprint density at radius 2 is 2.12 bits per heavy atom. The van der Waals surface area contributed by atoms with Crippen LogP contribution in [0.25, 0.3) is 0 Å². The van der Waals surface area contributed by atoms with Crippen LogP contribution in [0, 0.1) is 11.3 Å². The predicted octanol–water partition coefficient (Wildman–Crippen LogP) is 1.48. The highest BCUT2D eigenvalue weighted by Gasteiger charge is 2.09. The molecule has 0 fully saturated rings. The van der Waals surface area contributed by atoms with Crippen molar-refractivity contribution >= 4 is 17.2 Å². The average Bonchev–Trinajstić information content (AvgIpc) is 2.89. The third kappa shape index (κ3) is 2.77. The second kappa shape index (κ2) is 5.37. The summed E-state index contributed by atoms with van der Waals surface area (Å²) in [6, 6.07) is 2.04. The molecule has 0 saturated carbocycles. The Bertz CT molecular complexity index is 517. The van der Waals surface area contributed by atoms with E-state index in [4.69, 9.17) is 5.26 Å². The van der Waals surface area contributed by atoms with Crippen LogP contribution in [0.5, 0.6) is 0 Å². The molecule has 2 heterocycles. The van der Waals surface area contributed by atoms with Crippen LogP contribution in [-0.2, 0) is 6.42 Å². The van der Waals surface area contributed by atoms with Gasteiger partial charge in [-0.1, -0.05) is 0 Å². The normalized spacial score (nSPS) is 9.88. The smallest absolute Gasteiger partial charge is 0.183 e. The summed E-state index contributed by atoms with van der Waals surface area (Å²) in [7, 11) is 1.90. The molecule has 6 heteroatoms. The highest BCUT2D eigenvalue weighted by atomic mass is 32.1. The maximum absolute atomic E-state index is 8.93. The van der Waals surface area contributed by atoms with Crippen LogP contribution >= 0.6 is 11.3 Å². The first-order chi connectivity index (χ1) is 8.31. The van der Waals surface area contributed by atoms with E-state index in [1.807, 2.05) is 23.4 Å². The third-order valence-corrected chi connectivity index (χ3v) is 3.13. The lowest BCUT2D eigenvalue weighted by Crippen LogP contribution is -2.22. The van der Waals surface area contributed by atoms with Gasteiger partial charge in [-0.05, 0) is 0 Å². The largest absolute Gasteiger partial charge is 0.357 e. The van der Waals surface area contributed by atoms with Gasteiger partial charge >= 0.3 is 0 Å². The van der Waals surface area contributed by atoms with Crippen LogP contribution in [-0.4, -0.2) is 28.5 Å². The highest BCUT2D eigenvalue weighted by molar-refractivity contribution is 7.09. The van der Waals surface area contributed by atoms with E-state index in [9.17, 15) is 0 Å². The molecule has 5 nitrogen and oxygen atoms in total. The SMILES string of the molecule is CN(CCc1nccs1)c1nccnc1C#N. The Morgan fingerprint density at radius 3 is 2.82 bits per heavy atom. The first-order valence-corrected chi connectivity index (χ1v) is 6.00. The molecule has 86 valence electrons. The van der Waals surface area contributed by atoms with Gasteiger partial charge in [0, 0.05) is 44.0 Å². The Balaban J connectivity index is 2.05. The maximum Gasteiger partial charge on any atom is 0.183 e. The van der Waals surface area contributed by atoms with Gasteiger partial charge in [0.2, 0.25) is 0 Å². The van der Waals surface area contributed by atoms with Crippen molar-refractivity contribution in [3.05, 3.63) is 34.7 Å². The summed E-state index contributed by atoms with van der Waals surface area (Å²) in [5, 5.41) is 12.0. The molecule has 2 aromatic rings. The highest BCUT2D eigenvalue weighted by Crippen LogP contribution is 2.13. The molecule has 2 rings (SSSR count). The standard InChI is InChI=1S/C11H11N5S/c1-16(6-2-10-14-5-7-17-10)11-9(8-12)13-3-4-15-11/h3-5,7H,2,6H2,1H3. The van der Waals surface area contributed by atoms with E-state index in [2.05, 4.69) is 15.0 Å². The summed E-state index contributed by atoms with van der Waals surface area (Å²) in [6.07, 6.45) is 5.76.